The van der Waals surface area contributed by atoms with E-state index in [0.29, 0.717) is 26.1 Å². The Morgan fingerprint density at radius 3 is 2.16 bits per heavy atom. The van der Waals surface area contributed by atoms with E-state index < -0.39 is 0 Å². The lowest BCUT2D eigenvalue weighted by Gasteiger charge is -2.19. The number of unbranched alkanes of at least 4 members (excludes halogenated alkanes) is 9. The molecule has 25 heavy (non-hydrogen) atoms. The number of aliphatic hydroxyl groups excluding tert-OH is 1. The third-order valence-corrected chi connectivity index (χ3v) is 4.48. The molecule has 5 nitrogen and oxygen atoms in total. The average Bonchev–Trinajstić information content (AvgIpc) is 2.60. The van der Waals surface area contributed by atoms with E-state index in [0.717, 1.165) is 38.8 Å². The van der Waals surface area contributed by atoms with Crippen LogP contribution in [0, 0.1) is 0 Å². The van der Waals surface area contributed by atoms with Crippen molar-refractivity contribution in [2.75, 3.05) is 39.4 Å². The number of hydrogen-bond acceptors (Lipinski definition) is 5. The van der Waals surface area contributed by atoms with Crippen molar-refractivity contribution in [2.45, 2.75) is 84.0 Å². The molecular formula is C20H42N2O3. The third-order valence-electron chi connectivity index (χ3n) is 4.48. The molecule has 0 saturated heterocycles. The Hall–Kier alpha value is -0.650. The number of nitrogens with two attached hydrogens (primary N) is 1. The highest BCUT2D eigenvalue weighted by molar-refractivity contribution is 5.69. The smallest absolute Gasteiger partial charge is 0.305 e. The summed E-state index contributed by atoms with van der Waals surface area (Å²) in [6, 6.07) is 0. The Balaban J connectivity index is 3.35. The van der Waals surface area contributed by atoms with Gasteiger partial charge in [0.15, 0.2) is 0 Å². The van der Waals surface area contributed by atoms with E-state index in [1.165, 1.54) is 44.9 Å². The minimum atomic E-state index is -0.0582. The summed E-state index contributed by atoms with van der Waals surface area (Å²) >= 11 is 0. The number of rotatable bonds is 19. The van der Waals surface area contributed by atoms with Crippen LogP contribution in [0.5, 0.6) is 0 Å². The lowest BCUT2D eigenvalue weighted by molar-refractivity contribution is -0.143. The van der Waals surface area contributed by atoms with Gasteiger partial charge in [-0.2, -0.15) is 0 Å². The van der Waals surface area contributed by atoms with Crippen LogP contribution >= 0.6 is 0 Å². The van der Waals surface area contributed by atoms with Crippen LogP contribution in [-0.2, 0) is 9.53 Å². The Bertz CT molecular complexity index is 282. The van der Waals surface area contributed by atoms with Crippen LogP contribution in [0.25, 0.3) is 0 Å². The molecule has 0 rings (SSSR count). The fourth-order valence-electron chi connectivity index (χ4n) is 2.94. The van der Waals surface area contributed by atoms with Crippen molar-refractivity contribution >= 4 is 5.97 Å². The molecule has 0 aliphatic carbocycles. The Morgan fingerprint density at radius 2 is 1.52 bits per heavy atom. The molecule has 0 aromatic heterocycles. The lowest BCUT2D eigenvalue weighted by atomic mass is 10.1. The predicted molar refractivity (Wildman–Crippen MR) is 105 cm³/mol. The molecule has 0 fully saturated rings. The molecular weight excluding hydrogens is 316 g/mol. The number of nitrogens with zero attached hydrogens (tertiary/aromatic N) is 1. The summed E-state index contributed by atoms with van der Waals surface area (Å²) < 4.78 is 5.29. The quantitative estimate of drug-likeness (QED) is 0.273. The third kappa shape index (κ3) is 18.0. The normalized spacial score (nSPS) is 11.2. The minimum Gasteiger partial charge on any atom is -0.466 e. The number of hydrogen-bond donors (Lipinski definition) is 2. The van der Waals surface area contributed by atoms with Crippen LogP contribution in [0.1, 0.15) is 84.0 Å². The second-order valence-electron chi connectivity index (χ2n) is 6.86. The number of carbonyl (C=O) groups excluding carboxylic acids is 1. The van der Waals surface area contributed by atoms with Crippen molar-refractivity contribution in [3.8, 4) is 0 Å². The number of ether oxygens (including phenoxy) is 1. The zero-order chi connectivity index (χ0) is 18.6. The zero-order valence-electron chi connectivity index (χ0n) is 16.5. The highest BCUT2D eigenvalue weighted by Gasteiger charge is 2.05. The standard InChI is InChI=1S/C20H42N2O3/c1-2-3-4-5-6-7-8-12-19-25-20(24)13-10-9-11-15-22(16-14-21)17-18-23/h23H,2-19,21H2,1H3. The highest BCUT2D eigenvalue weighted by atomic mass is 16.5. The van der Waals surface area contributed by atoms with Gasteiger partial charge in [-0.15, -0.1) is 0 Å². The van der Waals surface area contributed by atoms with Crippen LogP contribution in [0.15, 0.2) is 0 Å². The van der Waals surface area contributed by atoms with Crippen LogP contribution in [-0.4, -0.2) is 55.4 Å². The van der Waals surface area contributed by atoms with Gasteiger partial charge in [-0.1, -0.05) is 58.3 Å². The van der Waals surface area contributed by atoms with Crippen molar-refractivity contribution in [3.05, 3.63) is 0 Å². The molecule has 0 aliphatic heterocycles. The van der Waals surface area contributed by atoms with Crippen LogP contribution in [0.3, 0.4) is 0 Å². The Morgan fingerprint density at radius 1 is 0.880 bits per heavy atom. The van der Waals surface area contributed by atoms with Crippen molar-refractivity contribution in [2.24, 2.45) is 5.73 Å². The maximum Gasteiger partial charge on any atom is 0.305 e. The van der Waals surface area contributed by atoms with Crippen LogP contribution in [0.2, 0.25) is 0 Å². The van der Waals surface area contributed by atoms with Gasteiger partial charge < -0.3 is 15.6 Å². The first-order valence-electron chi connectivity index (χ1n) is 10.4. The molecule has 150 valence electrons. The van der Waals surface area contributed by atoms with Gasteiger partial charge in [0.2, 0.25) is 0 Å². The predicted octanol–water partition coefficient (Wildman–Crippen LogP) is 3.48. The molecule has 0 aromatic carbocycles. The van der Waals surface area contributed by atoms with Gasteiger partial charge in [-0.25, -0.2) is 0 Å². The average molecular weight is 359 g/mol. The molecule has 5 heteroatoms. The molecule has 0 unspecified atom stereocenters. The van der Waals surface area contributed by atoms with E-state index in [1.54, 1.807) is 0 Å². The van der Waals surface area contributed by atoms with E-state index in [1.807, 2.05) is 0 Å². The van der Waals surface area contributed by atoms with Gasteiger partial charge in [0.1, 0.15) is 0 Å². The summed E-state index contributed by atoms with van der Waals surface area (Å²) in [5.74, 6) is -0.0582. The Kier molecular flexibility index (Phi) is 19.2. The summed E-state index contributed by atoms with van der Waals surface area (Å²) in [5, 5.41) is 8.98. The van der Waals surface area contributed by atoms with E-state index in [4.69, 9.17) is 15.6 Å². The van der Waals surface area contributed by atoms with Gasteiger partial charge in [-0.05, 0) is 25.8 Å². The summed E-state index contributed by atoms with van der Waals surface area (Å²) in [6.45, 7) is 6.04. The fraction of sp³-hybridized carbons (Fsp3) is 0.950. The van der Waals surface area contributed by atoms with Crippen LogP contribution in [0.4, 0.5) is 0 Å². The summed E-state index contributed by atoms with van der Waals surface area (Å²) in [7, 11) is 0. The second kappa shape index (κ2) is 19.7. The van der Waals surface area contributed by atoms with E-state index in [2.05, 4.69) is 11.8 Å². The highest BCUT2D eigenvalue weighted by Crippen LogP contribution is 2.09. The lowest BCUT2D eigenvalue weighted by Crippen LogP contribution is -2.32. The molecule has 0 heterocycles. The zero-order valence-corrected chi connectivity index (χ0v) is 16.5. The molecule has 0 spiro atoms. The van der Waals surface area contributed by atoms with Crippen molar-refractivity contribution in [3.63, 3.8) is 0 Å². The van der Waals surface area contributed by atoms with Gasteiger partial charge in [-0.3, -0.25) is 9.69 Å². The second-order valence-corrected chi connectivity index (χ2v) is 6.86. The SMILES string of the molecule is CCCCCCCCCCOC(=O)CCCCCN(CCN)CCO. The summed E-state index contributed by atoms with van der Waals surface area (Å²) in [4.78, 5) is 13.8. The van der Waals surface area contributed by atoms with E-state index >= 15 is 0 Å². The Labute approximate surface area is 155 Å². The topological polar surface area (TPSA) is 75.8 Å². The number of carbonyl (C=O) groups is 1. The first kappa shape index (κ1) is 24.4. The maximum atomic E-state index is 11.7. The summed E-state index contributed by atoms with van der Waals surface area (Å²) in [5.41, 5.74) is 5.55. The minimum absolute atomic E-state index is 0.0582. The van der Waals surface area contributed by atoms with Crippen LogP contribution < -0.4 is 5.73 Å². The molecule has 0 aromatic rings. The molecule has 0 saturated carbocycles. The first-order valence-corrected chi connectivity index (χ1v) is 10.4. The molecule has 3 N–H and O–H groups in total. The van der Waals surface area contributed by atoms with Gasteiger partial charge in [0, 0.05) is 26.1 Å². The molecule has 0 atom stereocenters. The van der Waals surface area contributed by atoms with E-state index in [9.17, 15) is 4.79 Å². The monoisotopic (exact) mass is 358 g/mol. The molecule has 0 aliphatic rings. The van der Waals surface area contributed by atoms with E-state index in [-0.39, 0.29) is 12.6 Å². The molecule has 0 bridgehead atoms. The fourth-order valence-corrected chi connectivity index (χ4v) is 2.94. The van der Waals surface area contributed by atoms with Gasteiger partial charge >= 0.3 is 5.97 Å². The largest absolute Gasteiger partial charge is 0.466 e. The maximum absolute atomic E-state index is 11.7. The molecule has 0 amide bonds. The number of esters is 1. The van der Waals surface area contributed by atoms with Crippen molar-refractivity contribution < 1.29 is 14.6 Å². The van der Waals surface area contributed by atoms with Crippen molar-refractivity contribution in [1.82, 2.24) is 4.90 Å². The van der Waals surface area contributed by atoms with Gasteiger partial charge in [0.05, 0.1) is 13.2 Å². The molecule has 0 radical (unpaired) electrons. The summed E-state index contributed by atoms with van der Waals surface area (Å²) in [6.07, 6.45) is 13.5. The number of aliphatic hydroxyl groups is 1. The first-order chi connectivity index (χ1) is 12.2. The van der Waals surface area contributed by atoms with Gasteiger partial charge in [0.25, 0.3) is 0 Å². The van der Waals surface area contributed by atoms with Crippen molar-refractivity contribution in [1.29, 1.82) is 0 Å².